The van der Waals surface area contributed by atoms with Crippen LogP contribution in [0.5, 0.6) is 46.0 Å². The van der Waals surface area contributed by atoms with Crippen molar-refractivity contribution in [3.05, 3.63) is 194 Å². The molecule has 0 aliphatic carbocycles. The molecule has 0 unspecified atom stereocenters. The van der Waals surface area contributed by atoms with Gasteiger partial charge in [-0.3, -0.25) is 0 Å². The fourth-order valence-electron chi connectivity index (χ4n) is 13.9. The van der Waals surface area contributed by atoms with E-state index in [-0.39, 0.29) is 48.8 Å². The summed E-state index contributed by atoms with van der Waals surface area (Å²) in [6, 6.07) is 69.9. The molecule has 0 amide bonds. The minimum atomic E-state index is -0.0860. The number of ether oxygens (including phenoxy) is 8. The third kappa shape index (κ3) is 12.9. The predicted octanol–water partition coefficient (Wildman–Crippen LogP) is 24.1. The molecule has 0 fully saturated rings. The Hall–Kier alpha value is -10.1. The number of fused-ring (bicyclic) bond motifs is 6. The maximum atomic E-state index is 6.57. The van der Waals surface area contributed by atoms with Crippen molar-refractivity contribution in [2.75, 3.05) is 9.80 Å². The largest absolute Gasteiger partial charge is 0.491 e. The molecule has 10 nitrogen and oxygen atoms in total. The molecular weight excluding hydrogens is 1190 g/mol. The third-order valence-corrected chi connectivity index (χ3v) is 16.7. The van der Waals surface area contributed by atoms with E-state index in [0.717, 1.165) is 88.3 Å². The highest BCUT2D eigenvalue weighted by atomic mass is 16.5. The molecule has 96 heavy (non-hydrogen) atoms. The first-order chi connectivity index (χ1) is 46.1. The number of hydrogen-bond donors (Lipinski definition) is 0. The van der Waals surface area contributed by atoms with Crippen LogP contribution in [0.3, 0.4) is 0 Å². The molecule has 10 heteroatoms. The summed E-state index contributed by atoms with van der Waals surface area (Å²) in [5.74, 6) is 5.60. The van der Waals surface area contributed by atoms with Crippen molar-refractivity contribution >= 4 is 98.8 Å². The van der Waals surface area contributed by atoms with Crippen LogP contribution in [-0.2, 0) is 0 Å². The zero-order valence-electron chi connectivity index (χ0n) is 58.3. The van der Waals surface area contributed by atoms with E-state index < -0.39 is 0 Å². The van der Waals surface area contributed by atoms with Crippen LogP contribution in [0.2, 0.25) is 0 Å². The van der Waals surface area contributed by atoms with Gasteiger partial charge in [0.05, 0.1) is 83.0 Å². The lowest BCUT2D eigenvalue weighted by Gasteiger charge is -2.29. The zero-order chi connectivity index (χ0) is 67.4. The van der Waals surface area contributed by atoms with Gasteiger partial charge in [-0.15, -0.1) is 0 Å². The molecule has 0 radical (unpaired) electrons. The minimum Gasteiger partial charge on any atom is -0.491 e. The fourth-order valence-corrected chi connectivity index (χ4v) is 13.9. The van der Waals surface area contributed by atoms with Crippen LogP contribution >= 0.6 is 0 Å². The Bertz CT molecular complexity index is 4320. The van der Waals surface area contributed by atoms with Crippen LogP contribution in [0.4, 0.5) is 34.1 Å². The van der Waals surface area contributed by atoms with Crippen LogP contribution < -0.4 is 47.7 Å². The molecule has 0 aliphatic heterocycles. The summed E-state index contributed by atoms with van der Waals surface area (Å²) in [7, 11) is 0. The van der Waals surface area contributed by atoms with Crippen LogP contribution in [-0.4, -0.2) is 48.8 Å². The van der Waals surface area contributed by atoms with Crippen molar-refractivity contribution in [3.8, 4) is 68.2 Å². The number of benzene rings is 11. The first kappa shape index (κ1) is 64.6. The standard InChI is InChI=1S/C86H88N2O8/c1-49(2)89-63-37-59(38-64(45-63)90-50(3)4)87(60-39-65(91-51(5)6)46-66(40-60)92-52(7)8)77-35-33-75-81-71(77)29-23-31-73(81)83-79(57-25-19-17-20-26-57)84-74-32-24-30-72-78(36-34-76(82(72)74)86(84)80(85(75)83)58-27-21-18-22-28-58)88(61-41-67(93-53(9)10)47-68(42-61)94-54(11)12)62-43-69(95-55(13)14)48-70(44-62)96-56(15)16/h17-56H,1-16H3. The van der Waals surface area contributed by atoms with Crippen LogP contribution in [0, 0.1) is 0 Å². The summed E-state index contributed by atoms with van der Waals surface area (Å²) in [5, 5.41) is 13.8. The summed E-state index contributed by atoms with van der Waals surface area (Å²) in [5.41, 5.74) is 9.97. The van der Waals surface area contributed by atoms with Crippen molar-refractivity contribution < 1.29 is 37.9 Å². The van der Waals surface area contributed by atoms with E-state index >= 15 is 0 Å². The third-order valence-electron chi connectivity index (χ3n) is 16.7. The highest BCUT2D eigenvalue weighted by Gasteiger charge is 2.31. The van der Waals surface area contributed by atoms with Gasteiger partial charge >= 0.3 is 0 Å². The molecule has 13 aromatic rings. The lowest BCUT2D eigenvalue weighted by molar-refractivity contribution is 0.228. The van der Waals surface area contributed by atoms with E-state index in [9.17, 15) is 0 Å². The molecule has 0 saturated carbocycles. The molecule has 0 aromatic heterocycles. The Kier molecular flexibility index (Phi) is 17.9. The van der Waals surface area contributed by atoms with Crippen molar-refractivity contribution in [2.24, 2.45) is 0 Å². The van der Waals surface area contributed by atoms with Crippen LogP contribution in [0.1, 0.15) is 111 Å². The second-order valence-electron chi connectivity index (χ2n) is 27.4. The second kappa shape index (κ2) is 26.6. The van der Waals surface area contributed by atoms with Gasteiger partial charge in [0.2, 0.25) is 0 Å². The van der Waals surface area contributed by atoms with Gasteiger partial charge in [-0.2, -0.15) is 0 Å². The maximum absolute atomic E-state index is 6.57. The Morgan fingerprint density at radius 3 is 0.656 bits per heavy atom. The maximum Gasteiger partial charge on any atom is 0.125 e. The number of hydrogen-bond acceptors (Lipinski definition) is 10. The summed E-state index contributed by atoms with van der Waals surface area (Å²) in [6.07, 6.45) is -0.688. The Morgan fingerprint density at radius 1 is 0.208 bits per heavy atom. The van der Waals surface area contributed by atoms with Crippen molar-refractivity contribution in [3.63, 3.8) is 0 Å². The van der Waals surface area contributed by atoms with Gasteiger partial charge in [0, 0.05) is 83.6 Å². The smallest absolute Gasteiger partial charge is 0.125 e. The highest BCUT2D eigenvalue weighted by Crippen LogP contribution is 2.58. The van der Waals surface area contributed by atoms with Crippen molar-refractivity contribution in [1.82, 2.24) is 0 Å². The zero-order valence-corrected chi connectivity index (χ0v) is 58.3. The Morgan fingerprint density at radius 2 is 0.427 bits per heavy atom. The van der Waals surface area contributed by atoms with Gasteiger partial charge in [-0.25, -0.2) is 0 Å². The molecule has 0 N–H and O–H groups in total. The summed E-state index contributed by atoms with van der Waals surface area (Å²) in [6.45, 7) is 32.9. The number of rotatable bonds is 24. The van der Waals surface area contributed by atoms with Crippen LogP contribution in [0.15, 0.2) is 194 Å². The summed E-state index contributed by atoms with van der Waals surface area (Å²) >= 11 is 0. The van der Waals surface area contributed by atoms with E-state index in [2.05, 4.69) is 290 Å². The highest BCUT2D eigenvalue weighted by molar-refractivity contribution is 6.47. The van der Waals surface area contributed by atoms with Gasteiger partial charge in [0.25, 0.3) is 0 Å². The normalized spacial score (nSPS) is 12.1. The molecule has 0 aliphatic rings. The molecule has 13 rings (SSSR count). The van der Waals surface area contributed by atoms with Crippen molar-refractivity contribution in [2.45, 2.75) is 160 Å². The van der Waals surface area contributed by atoms with Gasteiger partial charge in [-0.1, -0.05) is 109 Å². The Labute approximate surface area is 565 Å². The van der Waals surface area contributed by atoms with Gasteiger partial charge < -0.3 is 47.7 Å². The summed E-state index contributed by atoms with van der Waals surface area (Å²) in [4.78, 5) is 4.64. The fraction of sp³-hybridized carbons (Fsp3) is 0.279. The number of anilines is 6. The lowest BCUT2D eigenvalue weighted by Crippen LogP contribution is -2.14. The SMILES string of the molecule is CC(C)Oc1cc(OC(C)C)cc(N(c2cc(OC(C)C)cc(OC(C)C)c2)c2ccc3c4c(-c5ccccc5)c5c6ccc(N(c7cc(OC(C)C)cc(OC(C)C)c7)c7cc(OC(C)C)cc(OC(C)C)c7)c7cccc(c5c(-c5ccccc5)c4c4cccc2c43)c76)c1. The average molecular weight is 1280 g/mol. The molecule has 0 atom stereocenters. The minimum absolute atomic E-state index is 0.0860. The topological polar surface area (TPSA) is 80.3 Å². The first-order valence-electron chi connectivity index (χ1n) is 34.2. The van der Waals surface area contributed by atoms with E-state index in [1.807, 2.05) is 24.3 Å². The summed E-state index contributed by atoms with van der Waals surface area (Å²) < 4.78 is 52.5. The molecule has 0 saturated heterocycles. The quantitative estimate of drug-likeness (QED) is 0.0584. The first-order valence-corrected chi connectivity index (χ1v) is 34.2. The second-order valence-corrected chi connectivity index (χ2v) is 27.4. The molecule has 13 aromatic carbocycles. The van der Waals surface area contributed by atoms with E-state index in [0.29, 0.717) is 46.0 Å². The van der Waals surface area contributed by atoms with E-state index in [1.54, 1.807) is 0 Å². The molecule has 0 spiro atoms. The molecule has 0 bridgehead atoms. The molecular formula is C86H88N2O8. The monoisotopic (exact) mass is 1280 g/mol. The number of nitrogens with zero attached hydrogens (tertiary/aromatic N) is 2. The molecule has 490 valence electrons. The van der Waals surface area contributed by atoms with Gasteiger partial charge in [0.1, 0.15) is 46.0 Å². The van der Waals surface area contributed by atoms with Gasteiger partial charge in [0.15, 0.2) is 0 Å². The lowest BCUT2D eigenvalue weighted by atomic mass is 9.87. The van der Waals surface area contributed by atoms with Crippen LogP contribution in [0.25, 0.3) is 86.9 Å². The predicted molar refractivity (Wildman–Crippen MR) is 400 cm³/mol. The van der Waals surface area contributed by atoms with Gasteiger partial charge in [-0.05, 0) is 199 Å². The Balaban J connectivity index is 1.15. The molecule has 0 heterocycles. The van der Waals surface area contributed by atoms with Crippen molar-refractivity contribution in [1.29, 1.82) is 0 Å². The van der Waals surface area contributed by atoms with E-state index in [1.165, 1.54) is 32.7 Å². The average Bonchev–Trinajstić information content (AvgIpc) is 1.51. The van der Waals surface area contributed by atoms with E-state index in [4.69, 9.17) is 37.9 Å².